The zero-order chi connectivity index (χ0) is 23.8. The van der Waals surface area contributed by atoms with Gasteiger partial charge < -0.3 is 19.2 Å². The Bertz CT molecular complexity index is 1150. The van der Waals surface area contributed by atoms with Gasteiger partial charge in [-0.25, -0.2) is 13.2 Å². The van der Waals surface area contributed by atoms with Crippen molar-refractivity contribution in [1.29, 1.82) is 0 Å². The summed E-state index contributed by atoms with van der Waals surface area (Å²) < 4.78 is 43.2. The number of morpholine rings is 1. The standard InChI is InChI=1S/C22H27N3O7S/c1-15-14-19(16(2)32-15)22(3)20(26)25(21(27)23-22)10-13-31-17-4-6-18(7-5-17)33(28,29)24-8-11-30-12-9-24/h4-7,14H,8-13H2,1-3H3,(H,23,27). The highest BCUT2D eigenvalue weighted by molar-refractivity contribution is 7.89. The predicted octanol–water partition coefficient (Wildman–Crippen LogP) is 1.76. The van der Waals surface area contributed by atoms with E-state index in [4.69, 9.17) is 13.9 Å². The van der Waals surface area contributed by atoms with E-state index in [9.17, 15) is 18.0 Å². The SMILES string of the molecule is Cc1cc(C2(C)NC(=O)N(CCOc3ccc(S(=O)(=O)N4CCOCC4)cc3)C2=O)c(C)o1. The van der Waals surface area contributed by atoms with Gasteiger partial charge in [0, 0.05) is 18.7 Å². The lowest BCUT2D eigenvalue weighted by Crippen LogP contribution is -2.41. The number of hydrogen-bond donors (Lipinski definition) is 1. The number of amides is 3. The summed E-state index contributed by atoms with van der Waals surface area (Å²) in [5.41, 5.74) is -0.576. The molecule has 1 unspecified atom stereocenters. The molecule has 2 aliphatic rings. The Hall–Kier alpha value is -2.89. The van der Waals surface area contributed by atoms with Crippen LogP contribution in [0.15, 0.2) is 39.6 Å². The van der Waals surface area contributed by atoms with Crippen LogP contribution in [0.2, 0.25) is 0 Å². The third-order valence-electron chi connectivity index (χ3n) is 5.87. The number of hydrogen-bond acceptors (Lipinski definition) is 7. The van der Waals surface area contributed by atoms with Gasteiger partial charge in [0.25, 0.3) is 5.91 Å². The summed E-state index contributed by atoms with van der Waals surface area (Å²) in [5.74, 6) is 1.29. The van der Waals surface area contributed by atoms with Crippen molar-refractivity contribution in [3.8, 4) is 5.75 Å². The van der Waals surface area contributed by atoms with E-state index in [2.05, 4.69) is 5.32 Å². The second-order valence-corrected chi connectivity index (χ2v) is 10.1. The second kappa shape index (κ2) is 8.81. The van der Waals surface area contributed by atoms with E-state index in [-0.39, 0.29) is 24.0 Å². The van der Waals surface area contributed by atoms with Crippen molar-refractivity contribution in [1.82, 2.24) is 14.5 Å². The molecule has 1 atom stereocenters. The molecule has 2 saturated heterocycles. The minimum absolute atomic E-state index is 0.0456. The number of rotatable bonds is 7. The van der Waals surface area contributed by atoms with Crippen LogP contribution in [0, 0.1) is 13.8 Å². The largest absolute Gasteiger partial charge is 0.492 e. The zero-order valence-electron chi connectivity index (χ0n) is 18.8. The van der Waals surface area contributed by atoms with Gasteiger partial charge >= 0.3 is 6.03 Å². The van der Waals surface area contributed by atoms with Gasteiger partial charge in [-0.1, -0.05) is 0 Å². The monoisotopic (exact) mass is 477 g/mol. The molecule has 4 rings (SSSR count). The van der Waals surface area contributed by atoms with Gasteiger partial charge in [0.05, 0.1) is 24.7 Å². The summed E-state index contributed by atoms with van der Waals surface area (Å²) in [6, 6.07) is 7.32. The molecule has 2 aliphatic heterocycles. The summed E-state index contributed by atoms with van der Waals surface area (Å²) in [7, 11) is -3.58. The summed E-state index contributed by atoms with van der Waals surface area (Å²) in [6.07, 6.45) is 0. The van der Waals surface area contributed by atoms with Gasteiger partial charge in [-0.15, -0.1) is 0 Å². The molecule has 0 radical (unpaired) electrons. The molecule has 178 valence electrons. The van der Waals surface area contributed by atoms with Crippen LogP contribution in [0.3, 0.4) is 0 Å². The first kappa shape index (κ1) is 23.3. The van der Waals surface area contributed by atoms with Gasteiger partial charge in [-0.05, 0) is 51.1 Å². The Labute approximate surface area is 192 Å². The summed E-state index contributed by atoms with van der Waals surface area (Å²) in [6.45, 7) is 6.69. The molecule has 2 fully saturated rings. The van der Waals surface area contributed by atoms with Gasteiger partial charge in [0.15, 0.2) is 0 Å². The number of nitrogens with zero attached hydrogens (tertiary/aromatic N) is 2. The van der Waals surface area contributed by atoms with E-state index in [1.165, 1.54) is 16.4 Å². The van der Waals surface area contributed by atoms with Crippen molar-refractivity contribution >= 4 is 22.0 Å². The lowest BCUT2D eigenvalue weighted by molar-refractivity contribution is -0.131. The van der Waals surface area contributed by atoms with Gasteiger partial charge in [0.2, 0.25) is 10.0 Å². The molecule has 1 aromatic carbocycles. The highest BCUT2D eigenvalue weighted by Crippen LogP contribution is 2.32. The first-order valence-corrected chi connectivity index (χ1v) is 12.1. The van der Waals surface area contributed by atoms with Gasteiger partial charge in [0.1, 0.15) is 29.4 Å². The number of ether oxygens (including phenoxy) is 2. The first-order valence-electron chi connectivity index (χ1n) is 10.7. The van der Waals surface area contributed by atoms with Crippen molar-refractivity contribution in [2.45, 2.75) is 31.2 Å². The number of benzene rings is 1. The molecule has 0 spiro atoms. The Kier molecular flexibility index (Phi) is 6.21. The second-order valence-electron chi connectivity index (χ2n) is 8.18. The number of urea groups is 1. The van der Waals surface area contributed by atoms with Crippen LogP contribution < -0.4 is 10.1 Å². The molecule has 33 heavy (non-hydrogen) atoms. The van der Waals surface area contributed by atoms with Gasteiger partial charge in [-0.3, -0.25) is 9.69 Å². The molecule has 10 nitrogen and oxygen atoms in total. The quantitative estimate of drug-likeness (QED) is 0.604. The molecule has 0 bridgehead atoms. The van der Waals surface area contributed by atoms with Crippen molar-refractivity contribution in [2.75, 3.05) is 39.5 Å². The topological polar surface area (TPSA) is 118 Å². The molecule has 3 heterocycles. The Morgan fingerprint density at radius 3 is 2.39 bits per heavy atom. The van der Waals surface area contributed by atoms with Crippen molar-refractivity contribution in [3.63, 3.8) is 0 Å². The Balaban J connectivity index is 1.37. The van der Waals surface area contributed by atoms with Crippen molar-refractivity contribution in [3.05, 3.63) is 47.4 Å². The maximum Gasteiger partial charge on any atom is 0.325 e. The highest BCUT2D eigenvalue weighted by Gasteiger charge is 2.50. The molecule has 0 aliphatic carbocycles. The van der Waals surface area contributed by atoms with E-state index < -0.39 is 21.6 Å². The summed E-state index contributed by atoms with van der Waals surface area (Å²) in [4.78, 5) is 26.8. The number of furan rings is 1. The molecule has 11 heteroatoms. The first-order chi connectivity index (χ1) is 15.6. The smallest absolute Gasteiger partial charge is 0.325 e. The number of carbonyl (C=O) groups is 2. The lowest BCUT2D eigenvalue weighted by Gasteiger charge is -2.26. The summed E-state index contributed by atoms with van der Waals surface area (Å²) in [5, 5.41) is 2.75. The Morgan fingerprint density at radius 2 is 1.79 bits per heavy atom. The normalized spacial score (nSPS) is 22.0. The average Bonchev–Trinajstić information content (AvgIpc) is 3.25. The van der Waals surface area contributed by atoms with Crippen LogP contribution >= 0.6 is 0 Å². The number of sulfonamides is 1. The van der Waals surface area contributed by atoms with Crippen LogP contribution in [0.5, 0.6) is 5.75 Å². The van der Waals surface area contributed by atoms with E-state index in [0.29, 0.717) is 49.1 Å². The zero-order valence-corrected chi connectivity index (χ0v) is 19.6. The summed E-state index contributed by atoms with van der Waals surface area (Å²) >= 11 is 0. The molecule has 3 amide bonds. The Morgan fingerprint density at radius 1 is 1.12 bits per heavy atom. The fraction of sp³-hybridized carbons (Fsp3) is 0.455. The minimum Gasteiger partial charge on any atom is -0.492 e. The number of carbonyl (C=O) groups excluding carboxylic acids is 2. The van der Waals surface area contributed by atoms with E-state index >= 15 is 0 Å². The minimum atomic E-state index is -3.58. The molecule has 2 aromatic rings. The highest BCUT2D eigenvalue weighted by atomic mass is 32.2. The van der Waals surface area contributed by atoms with Crippen LogP contribution in [0.1, 0.15) is 24.0 Å². The van der Waals surface area contributed by atoms with Crippen LogP contribution in [0.4, 0.5) is 4.79 Å². The van der Waals surface area contributed by atoms with E-state index in [1.54, 1.807) is 39.0 Å². The van der Waals surface area contributed by atoms with Crippen LogP contribution in [-0.2, 0) is 25.1 Å². The fourth-order valence-corrected chi connectivity index (χ4v) is 5.52. The van der Waals surface area contributed by atoms with E-state index in [0.717, 1.165) is 4.90 Å². The molecule has 1 aromatic heterocycles. The van der Waals surface area contributed by atoms with Gasteiger partial charge in [-0.2, -0.15) is 4.31 Å². The predicted molar refractivity (Wildman–Crippen MR) is 117 cm³/mol. The third kappa shape index (κ3) is 4.35. The van der Waals surface area contributed by atoms with E-state index in [1.807, 2.05) is 0 Å². The molecule has 0 saturated carbocycles. The molecule has 1 N–H and O–H groups in total. The number of nitrogens with one attached hydrogen (secondary N) is 1. The maximum absolute atomic E-state index is 13.0. The van der Waals surface area contributed by atoms with Crippen molar-refractivity contribution in [2.24, 2.45) is 0 Å². The number of aryl methyl sites for hydroxylation is 2. The maximum atomic E-state index is 13.0. The van der Waals surface area contributed by atoms with Crippen LogP contribution in [-0.4, -0.2) is 69.0 Å². The number of imide groups is 1. The molecular formula is C22H27N3O7S. The fourth-order valence-electron chi connectivity index (χ4n) is 4.11. The lowest BCUT2D eigenvalue weighted by atomic mass is 9.92. The van der Waals surface area contributed by atoms with Crippen molar-refractivity contribution < 1.29 is 31.9 Å². The van der Waals surface area contributed by atoms with Crippen LogP contribution in [0.25, 0.3) is 0 Å². The third-order valence-corrected chi connectivity index (χ3v) is 7.78. The average molecular weight is 478 g/mol. The molecular weight excluding hydrogens is 450 g/mol.